The molecule has 2 aromatic rings. The lowest BCUT2D eigenvalue weighted by molar-refractivity contribution is -0.132. The Bertz CT molecular complexity index is 691. The van der Waals surface area contributed by atoms with Crippen LogP contribution in [0.25, 0.3) is 0 Å². The molecule has 1 aliphatic heterocycles. The Hall–Kier alpha value is -2.18. The van der Waals surface area contributed by atoms with Crippen LogP contribution in [0.4, 0.5) is 0 Å². The van der Waals surface area contributed by atoms with Gasteiger partial charge in [-0.15, -0.1) is 0 Å². The SMILES string of the molecule is Cc1cnn(CC2CCCN2C(=O)CCc2nc(C(C)C)no2)c1. The van der Waals surface area contributed by atoms with Crippen molar-refractivity contribution in [2.45, 2.75) is 65.0 Å². The highest BCUT2D eigenvalue weighted by molar-refractivity contribution is 5.77. The van der Waals surface area contributed by atoms with E-state index in [2.05, 4.69) is 15.2 Å². The number of hydrogen-bond acceptors (Lipinski definition) is 5. The molecule has 0 aromatic carbocycles. The summed E-state index contributed by atoms with van der Waals surface area (Å²) in [6, 6.07) is 0.228. The third kappa shape index (κ3) is 3.83. The summed E-state index contributed by atoms with van der Waals surface area (Å²) in [6.07, 6.45) is 6.87. The lowest BCUT2D eigenvalue weighted by Crippen LogP contribution is -2.38. The highest BCUT2D eigenvalue weighted by Gasteiger charge is 2.29. The van der Waals surface area contributed by atoms with Gasteiger partial charge >= 0.3 is 0 Å². The first-order chi connectivity index (χ1) is 11.5. The van der Waals surface area contributed by atoms with E-state index in [-0.39, 0.29) is 17.9 Å². The third-order valence-electron chi connectivity index (χ3n) is 4.41. The van der Waals surface area contributed by atoms with Gasteiger partial charge in [0.1, 0.15) is 0 Å². The molecule has 1 saturated heterocycles. The molecule has 0 saturated carbocycles. The first kappa shape index (κ1) is 16.7. The Balaban J connectivity index is 1.55. The average molecular weight is 331 g/mol. The van der Waals surface area contributed by atoms with Gasteiger partial charge in [-0.1, -0.05) is 19.0 Å². The van der Waals surface area contributed by atoms with Crippen molar-refractivity contribution >= 4 is 5.91 Å². The number of amides is 1. The zero-order chi connectivity index (χ0) is 17.1. The van der Waals surface area contributed by atoms with Gasteiger partial charge in [0.05, 0.1) is 18.8 Å². The fraction of sp³-hybridized carbons (Fsp3) is 0.647. The summed E-state index contributed by atoms with van der Waals surface area (Å²) in [5.41, 5.74) is 1.14. The first-order valence-corrected chi connectivity index (χ1v) is 8.64. The van der Waals surface area contributed by atoms with E-state index in [0.717, 1.165) is 31.5 Å². The summed E-state index contributed by atoms with van der Waals surface area (Å²) in [6.45, 7) is 7.65. The molecule has 7 nitrogen and oxygen atoms in total. The van der Waals surface area contributed by atoms with Gasteiger partial charge in [0.15, 0.2) is 5.82 Å². The van der Waals surface area contributed by atoms with E-state index in [9.17, 15) is 4.79 Å². The van der Waals surface area contributed by atoms with E-state index in [1.54, 1.807) is 0 Å². The molecule has 0 N–H and O–H groups in total. The smallest absolute Gasteiger partial charge is 0.227 e. The molecule has 2 aromatic heterocycles. The molecular formula is C17H25N5O2. The Kier molecular flexibility index (Phi) is 4.97. The number of rotatable bonds is 6. The second kappa shape index (κ2) is 7.15. The van der Waals surface area contributed by atoms with Crippen molar-refractivity contribution < 1.29 is 9.32 Å². The van der Waals surface area contributed by atoms with Gasteiger partial charge < -0.3 is 9.42 Å². The highest BCUT2D eigenvalue weighted by atomic mass is 16.5. The summed E-state index contributed by atoms with van der Waals surface area (Å²) in [5, 5.41) is 8.27. The van der Waals surface area contributed by atoms with E-state index < -0.39 is 0 Å². The van der Waals surface area contributed by atoms with Crippen LogP contribution in [-0.4, -0.2) is 43.3 Å². The lowest BCUT2D eigenvalue weighted by Gasteiger charge is -2.24. The largest absolute Gasteiger partial charge is 0.339 e. The molecule has 1 amide bonds. The van der Waals surface area contributed by atoms with Crippen molar-refractivity contribution in [3.8, 4) is 0 Å². The van der Waals surface area contributed by atoms with Gasteiger partial charge in [0.2, 0.25) is 11.8 Å². The van der Waals surface area contributed by atoms with Gasteiger partial charge in [0.25, 0.3) is 0 Å². The minimum atomic E-state index is 0.158. The van der Waals surface area contributed by atoms with E-state index >= 15 is 0 Å². The fourth-order valence-corrected chi connectivity index (χ4v) is 3.10. The van der Waals surface area contributed by atoms with Crippen molar-refractivity contribution in [1.82, 2.24) is 24.8 Å². The van der Waals surface area contributed by atoms with Crippen LogP contribution in [-0.2, 0) is 17.8 Å². The summed E-state index contributed by atoms with van der Waals surface area (Å²) >= 11 is 0. The van der Waals surface area contributed by atoms with Crippen molar-refractivity contribution in [1.29, 1.82) is 0 Å². The van der Waals surface area contributed by atoms with Gasteiger partial charge in [-0.3, -0.25) is 9.48 Å². The van der Waals surface area contributed by atoms with E-state index in [0.29, 0.717) is 24.6 Å². The molecule has 1 unspecified atom stereocenters. The first-order valence-electron chi connectivity index (χ1n) is 8.64. The molecule has 1 atom stereocenters. The zero-order valence-electron chi connectivity index (χ0n) is 14.6. The molecule has 0 aliphatic carbocycles. The second-order valence-corrected chi connectivity index (χ2v) is 6.82. The quantitative estimate of drug-likeness (QED) is 0.812. The van der Waals surface area contributed by atoms with Crippen LogP contribution >= 0.6 is 0 Å². The molecule has 0 spiro atoms. The molecule has 24 heavy (non-hydrogen) atoms. The molecule has 0 bridgehead atoms. The number of carbonyl (C=O) groups excluding carboxylic acids is 1. The number of nitrogens with zero attached hydrogens (tertiary/aromatic N) is 5. The van der Waals surface area contributed by atoms with Crippen molar-refractivity contribution in [2.75, 3.05) is 6.54 Å². The van der Waals surface area contributed by atoms with Crippen LogP contribution in [0.2, 0.25) is 0 Å². The Labute approximate surface area is 142 Å². The van der Waals surface area contributed by atoms with Crippen molar-refractivity contribution in [2.24, 2.45) is 0 Å². The maximum absolute atomic E-state index is 12.6. The minimum absolute atomic E-state index is 0.158. The number of aromatic nitrogens is 4. The monoisotopic (exact) mass is 331 g/mol. The topological polar surface area (TPSA) is 77.1 Å². The van der Waals surface area contributed by atoms with Crippen LogP contribution in [0.15, 0.2) is 16.9 Å². The summed E-state index contributed by atoms with van der Waals surface area (Å²) in [4.78, 5) is 18.9. The maximum Gasteiger partial charge on any atom is 0.227 e. The van der Waals surface area contributed by atoms with Crippen LogP contribution in [0, 0.1) is 6.92 Å². The normalized spacial score (nSPS) is 17.8. The average Bonchev–Trinajstić information content (AvgIpc) is 3.26. The summed E-state index contributed by atoms with van der Waals surface area (Å²) < 4.78 is 7.15. The molecule has 1 aliphatic rings. The number of aryl methyl sites for hydroxylation is 2. The predicted molar refractivity (Wildman–Crippen MR) is 88.4 cm³/mol. The van der Waals surface area contributed by atoms with Gasteiger partial charge in [-0.05, 0) is 25.3 Å². The Morgan fingerprint density at radius 2 is 2.29 bits per heavy atom. The highest BCUT2D eigenvalue weighted by Crippen LogP contribution is 2.20. The molecule has 130 valence electrons. The van der Waals surface area contributed by atoms with Crippen LogP contribution < -0.4 is 0 Å². The number of hydrogen-bond donors (Lipinski definition) is 0. The Morgan fingerprint density at radius 1 is 1.46 bits per heavy atom. The zero-order valence-corrected chi connectivity index (χ0v) is 14.6. The molecule has 7 heteroatoms. The van der Waals surface area contributed by atoms with E-state index in [4.69, 9.17) is 4.52 Å². The van der Waals surface area contributed by atoms with Gasteiger partial charge in [0, 0.05) is 31.5 Å². The minimum Gasteiger partial charge on any atom is -0.339 e. The standard InChI is InChI=1S/C17H25N5O2/c1-12(2)17-19-15(24-20-17)6-7-16(23)22-8-4-5-14(22)11-21-10-13(3)9-18-21/h9-10,12,14H,4-8,11H2,1-3H3. The lowest BCUT2D eigenvalue weighted by atomic mass is 10.2. The van der Waals surface area contributed by atoms with Crippen LogP contribution in [0.5, 0.6) is 0 Å². The number of likely N-dealkylation sites (tertiary alicyclic amines) is 1. The van der Waals surface area contributed by atoms with E-state index in [1.807, 2.05) is 42.7 Å². The molecular weight excluding hydrogens is 306 g/mol. The third-order valence-corrected chi connectivity index (χ3v) is 4.41. The fourth-order valence-electron chi connectivity index (χ4n) is 3.10. The number of carbonyl (C=O) groups is 1. The summed E-state index contributed by atoms with van der Waals surface area (Å²) in [5.74, 6) is 1.64. The van der Waals surface area contributed by atoms with Crippen molar-refractivity contribution in [3.63, 3.8) is 0 Å². The van der Waals surface area contributed by atoms with Crippen LogP contribution in [0.1, 0.15) is 56.3 Å². The molecule has 0 radical (unpaired) electrons. The van der Waals surface area contributed by atoms with Gasteiger partial charge in [-0.2, -0.15) is 10.1 Å². The van der Waals surface area contributed by atoms with Crippen LogP contribution in [0.3, 0.4) is 0 Å². The summed E-state index contributed by atoms with van der Waals surface area (Å²) in [7, 11) is 0. The second-order valence-electron chi connectivity index (χ2n) is 6.82. The van der Waals surface area contributed by atoms with E-state index in [1.165, 1.54) is 0 Å². The van der Waals surface area contributed by atoms with Crippen molar-refractivity contribution in [3.05, 3.63) is 29.7 Å². The molecule has 1 fully saturated rings. The van der Waals surface area contributed by atoms with Gasteiger partial charge in [-0.25, -0.2) is 0 Å². The Morgan fingerprint density at radius 3 is 2.96 bits per heavy atom. The molecule has 3 heterocycles. The molecule has 3 rings (SSSR count). The predicted octanol–water partition coefficient (Wildman–Crippen LogP) is 2.32. The maximum atomic E-state index is 12.6.